The molecular formula is C11H24O4. The van der Waals surface area contributed by atoms with Gasteiger partial charge in [0, 0.05) is 34.4 Å². The Balaban J connectivity index is 4.83. The molecule has 0 aliphatic rings. The van der Waals surface area contributed by atoms with Crippen molar-refractivity contribution in [3.8, 4) is 0 Å². The van der Waals surface area contributed by atoms with Crippen molar-refractivity contribution in [2.24, 2.45) is 5.92 Å². The first-order valence-electron chi connectivity index (χ1n) is 5.04. The molecule has 2 atom stereocenters. The lowest BCUT2D eigenvalue weighted by Gasteiger charge is -2.43. The zero-order valence-corrected chi connectivity index (χ0v) is 10.9. The molecule has 0 aliphatic heterocycles. The normalized spacial score (nSPS) is 18.6. The average Bonchev–Trinajstić information content (AvgIpc) is 2.27. The van der Waals surface area contributed by atoms with Crippen molar-refractivity contribution in [2.75, 3.05) is 35.0 Å². The van der Waals surface area contributed by atoms with Crippen LogP contribution in [0.3, 0.4) is 0 Å². The van der Waals surface area contributed by atoms with Gasteiger partial charge in [-0.15, -0.1) is 0 Å². The maximum absolute atomic E-state index is 5.50. The molecule has 0 amide bonds. The molecule has 0 rings (SSSR count). The van der Waals surface area contributed by atoms with Crippen LogP contribution in [-0.4, -0.2) is 46.4 Å². The summed E-state index contributed by atoms with van der Waals surface area (Å²) in [5, 5.41) is 0. The van der Waals surface area contributed by atoms with E-state index in [9.17, 15) is 0 Å². The molecule has 92 valence electrons. The van der Waals surface area contributed by atoms with E-state index in [-0.39, 0.29) is 5.92 Å². The minimum atomic E-state index is -0.677. The van der Waals surface area contributed by atoms with Gasteiger partial charge < -0.3 is 18.9 Å². The molecule has 0 saturated carbocycles. The Morgan fingerprint density at radius 3 is 1.67 bits per heavy atom. The van der Waals surface area contributed by atoms with Crippen molar-refractivity contribution >= 4 is 0 Å². The maximum atomic E-state index is 5.50. The largest absolute Gasteiger partial charge is 0.382 e. The summed E-state index contributed by atoms with van der Waals surface area (Å²) < 4.78 is 21.4. The molecule has 0 aromatic heterocycles. The quantitative estimate of drug-likeness (QED) is 0.612. The van der Waals surface area contributed by atoms with Crippen LogP contribution in [0.1, 0.15) is 20.8 Å². The molecule has 2 unspecified atom stereocenters. The van der Waals surface area contributed by atoms with Crippen LogP contribution in [0.2, 0.25) is 0 Å². The summed E-state index contributed by atoms with van der Waals surface area (Å²) >= 11 is 0. The van der Waals surface area contributed by atoms with Crippen molar-refractivity contribution in [3.05, 3.63) is 0 Å². The van der Waals surface area contributed by atoms with Crippen LogP contribution in [0.5, 0.6) is 0 Å². The molecule has 0 spiro atoms. The fraction of sp³-hybridized carbons (Fsp3) is 1.00. The van der Waals surface area contributed by atoms with Crippen LogP contribution < -0.4 is 0 Å². The zero-order chi connectivity index (χ0) is 12.1. The third-order valence-corrected chi connectivity index (χ3v) is 3.41. The third kappa shape index (κ3) is 3.14. The molecule has 0 heterocycles. The Bertz CT molecular complexity index is 179. The van der Waals surface area contributed by atoms with E-state index in [1.807, 2.05) is 20.8 Å². The Hall–Kier alpha value is -0.160. The minimum Gasteiger partial charge on any atom is -0.382 e. The molecule has 0 fully saturated rings. The molecule has 15 heavy (non-hydrogen) atoms. The summed E-state index contributed by atoms with van der Waals surface area (Å²) in [5.41, 5.74) is -0.435. The highest BCUT2D eigenvalue weighted by atomic mass is 16.7. The first-order valence-corrected chi connectivity index (χ1v) is 5.04. The van der Waals surface area contributed by atoms with E-state index in [0.29, 0.717) is 6.61 Å². The molecule has 0 N–H and O–H groups in total. The monoisotopic (exact) mass is 220 g/mol. The number of hydrogen-bond acceptors (Lipinski definition) is 4. The predicted molar refractivity (Wildman–Crippen MR) is 58.9 cm³/mol. The SMILES string of the molecule is COCC(C)(OC)C(C)C(C)(OC)OC. The first kappa shape index (κ1) is 14.8. The van der Waals surface area contributed by atoms with Gasteiger partial charge in [-0.2, -0.15) is 0 Å². The first-order chi connectivity index (χ1) is 6.90. The van der Waals surface area contributed by atoms with Crippen molar-refractivity contribution in [1.29, 1.82) is 0 Å². The molecule has 0 aliphatic carbocycles. The van der Waals surface area contributed by atoms with E-state index in [1.54, 1.807) is 28.4 Å². The van der Waals surface area contributed by atoms with Gasteiger partial charge in [0.15, 0.2) is 5.79 Å². The molecule has 4 nitrogen and oxygen atoms in total. The predicted octanol–water partition coefficient (Wildman–Crippen LogP) is 1.68. The third-order valence-electron chi connectivity index (χ3n) is 3.41. The van der Waals surface area contributed by atoms with Gasteiger partial charge in [0.2, 0.25) is 0 Å². The fourth-order valence-corrected chi connectivity index (χ4v) is 1.64. The van der Waals surface area contributed by atoms with Crippen LogP contribution in [0.4, 0.5) is 0 Å². The van der Waals surface area contributed by atoms with Crippen LogP contribution in [0.25, 0.3) is 0 Å². The van der Waals surface area contributed by atoms with Crippen molar-refractivity contribution in [2.45, 2.75) is 32.2 Å². The molecule has 0 aromatic carbocycles. The Morgan fingerprint density at radius 2 is 1.40 bits per heavy atom. The van der Waals surface area contributed by atoms with Crippen LogP contribution in [-0.2, 0) is 18.9 Å². The van der Waals surface area contributed by atoms with E-state index >= 15 is 0 Å². The van der Waals surface area contributed by atoms with Crippen molar-refractivity contribution in [3.63, 3.8) is 0 Å². The summed E-state index contributed by atoms with van der Waals surface area (Å²) in [5.74, 6) is -0.645. The number of ether oxygens (including phenoxy) is 4. The lowest BCUT2D eigenvalue weighted by molar-refractivity contribution is -0.265. The second-order valence-corrected chi connectivity index (χ2v) is 4.10. The number of methoxy groups -OCH3 is 4. The highest BCUT2D eigenvalue weighted by Gasteiger charge is 2.44. The topological polar surface area (TPSA) is 36.9 Å². The Morgan fingerprint density at radius 1 is 0.933 bits per heavy atom. The van der Waals surface area contributed by atoms with Gasteiger partial charge >= 0.3 is 0 Å². The highest BCUT2D eigenvalue weighted by molar-refractivity contribution is 4.89. The van der Waals surface area contributed by atoms with E-state index in [0.717, 1.165) is 0 Å². The number of rotatable bonds is 7. The summed E-state index contributed by atoms with van der Waals surface area (Å²) in [6.07, 6.45) is 0. The van der Waals surface area contributed by atoms with Gasteiger partial charge in [-0.3, -0.25) is 0 Å². The van der Waals surface area contributed by atoms with Crippen molar-refractivity contribution < 1.29 is 18.9 Å². The smallest absolute Gasteiger partial charge is 0.170 e. The van der Waals surface area contributed by atoms with Gasteiger partial charge in [-0.05, 0) is 13.8 Å². The fourth-order valence-electron chi connectivity index (χ4n) is 1.64. The van der Waals surface area contributed by atoms with Crippen LogP contribution >= 0.6 is 0 Å². The maximum Gasteiger partial charge on any atom is 0.170 e. The van der Waals surface area contributed by atoms with Gasteiger partial charge in [0.05, 0.1) is 12.2 Å². The van der Waals surface area contributed by atoms with Gasteiger partial charge in [0.25, 0.3) is 0 Å². The summed E-state index contributed by atoms with van der Waals surface area (Å²) in [6.45, 7) is 6.39. The van der Waals surface area contributed by atoms with Crippen LogP contribution in [0.15, 0.2) is 0 Å². The van der Waals surface area contributed by atoms with E-state index in [2.05, 4.69) is 0 Å². The molecule has 4 heteroatoms. The summed E-state index contributed by atoms with van der Waals surface area (Å²) in [7, 11) is 6.58. The lowest BCUT2D eigenvalue weighted by atomic mass is 9.84. The lowest BCUT2D eigenvalue weighted by Crippen LogP contribution is -2.52. The summed E-state index contributed by atoms with van der Waals surface area (Å²) in [6, 6.07) is 0. The zero-order valence-electron chi connectivity index (χ0n) is 10.9. The van der Waals surface area contributed by atoms with Crippen LogP contribution in [0, 0.1) is 5.92 Å². The van der Waals surface area contributed by atoms with E-state index in [1.165, 1.54) is 0 Å². The standard InChI is InChI=1S/C11H24O4/c1-9(11(3,14-6)15-7)10(2,13-5)8-12-4/h9H,8H2,1-7H3. The van der Waals surface area contributed by atoms with Gasteiger partial charge in [0.1, 0.15) is 0 Å². The minimum absolute atomic E-state index is 0.0324. The Labute approximate surface area is 92.8 Å². The second kappa shape index (κ2) is 5.80. The molecular weight excluding hydrogens is 196 g/mol. The molecule has 0 radical (unpaired) electrons. The van der Waals surface area contributed by atoms with Crippen molar-refractivity contribution in [1.82, 2.24) is 0 Å². The number of hydrogen-bond donors (Lipinski definition) is 0. The summed E-state index contributed by atoms with van der Waals surface area (Å²) in [4.78, 5) is 0. The second-order valence-electron chi connectivity index (χ2n) is 4.10. The van der Waals surface area contributed by atoms with Gasteiger partial charge in [-0.1, -0.05) is 6.92 Å². The molecule has 0 saturated heterocycles. The molecule has 0 bridgehead atoms. The van der Waals surface area contributed by atoms with Gasteiger partial charge in [-0.25, -0.2) is 0 Å². The molecule has 0 aromatic rings. The van der Waals surface area contributed by atoms with E-state index < -0.39 is 11.4 Å². The van der Waals surface area contributed by atoms with E-state index in [4.69, 9.17) is 18.9 Å². The highest BCUT2D eigenvalue weighted by Crippen LogP contribution is 2.33. The average molecular weight is 220 g/mol. The Kier molecular flexibility index (Phi) is 5.73.